The van der Waals surface area contributed by atoms with Crippen LogP contribution in [0.5, 0.6) is 0 Å². The summed E-state index contributed by atoms with van der Waals surface area (Å²) >= 11 is 3.40. The topological polar surface area (TPSA) is 54.7 Å². The smallest absolute Gasteiger partial charge is 0.165 e. The summed E-state index contributed by atoms with van der Waals surface area (Å²) in [5.41, 5.74) is 6.37. The Labute approximate surface area is 102 Å². The van der Waals surface area contributed by atoms with Gasteiger partial charge in [0.1, 0.15) is 0 Å². The lowest BCUT2D eigenvalue weighted by Crippen LogP contribution is -1.92. The van der Waals surface area contributed by atoms with E-state index < -0.39 is 0 Å². The molecule has 2 rings (SSSR count). The Morgan fingerprint density at radius 2 is 2.50 bits per heavy atom. The van der Waals surface area contributed by atoms with Crippen molar-refractivity contribution in [1.82, 2.24) is 9.97 Å². The third-order valence-corrected chi connectivity index (χ3v) is 3.88. The van der Waals surface area contributed by atoms with E-state index in [-0.39, 0.29) is 0 Å². The van der Waals surface area contributed by atoms with Crippen LogP contribution in [0.4, 0.5) is 0 Å². The van der Waals surface area contributed by atoms with Crippen molar-refractivity contribution >= 4 is 23.1 Å². The molecule has 0 aliphatic rings. The lowest BCUT2D eigenvalue weighted by Gasteiger charge is -1.93. The highest BCUT2D eigenvalue weighted by Gasteiger charge is 2.00. The van der Waals surface area contributed by atoms with Crippen LogP contribution in [0, 0.1) is 11.8 Å². The largest absolute Gasteiger partial charge is 0.340 e. The number of rotatable bonds is 3. The molecular weight excluding hydrogens is 238 g/mol. The second kappa shape index (κ2) is 5.75. The van der Waals surface area contributed by atoms with E-state index in [1.54, 1.807) is 29.3 Å². The molecule has 0 radical (unpaired) electrons. The quantitative estimate of drug-likeness (QED) is 0.647. The van der Waals surface area contributed by atoms with Crippen LogP contribution in [0.3, 0.4) is 0 Å². The van der Waals surface area contributed by atoms with Crippen molar-refractivity contribution in [2.24, 2.45) is 5.73 Å². The third kappa shape index (κ3) is 3.14. The first-order chi connectivity index (χ1) is 7.88. The van der Waals surface area contributed by atoms with Gasteiger partial charge in [0.15, 0.2) is 5.16 Å². The Kier molecular flexibility index (Phi) is 4.05. The number of thiophene rings is 1. The van der Waals surface area contributed by atoms with Crippen LogP contribution in [0.2, 0.25) is 0 Å². The van der Waals surface area contributed by atoms with Crippen molar-refractivity contribution in [3.8, 4) is 11.8 Å². The van der Waals surface area contributed by atoms with Gasteiger partial charge in [-0.25, -0.2) is 4.98 Å². The third-order valence-electron chi connectivity index (χ3n) is 1.81. The summed E-state index contributed by atoms with van der Waals surface area (Å²) in [4.78, 5) is 8.51. The average Bonchev–Trinajstić information content (AvgIpc) is 2.95. The summed E-state index contributed by atoms with van der Waals surface area (Å²) in [6.45, 7) is 0.409. The maximum Gasteiger partial charge on any atom is 0.165 e. The van der Waals surface area contributed by atoms with Crippen molar-refractivity contribution < 1.29 is 0 Å². The van der Waals surface area contributed by atoms with E-state index >= 15 is 0 Å². The van der Waals surface area contributed by atoms with Crippen LogP contribution in [-0.4, -0.2) is 16.5 Å². The summed E-state index contributed by atoms with van der Waals surface area (Å²) in [7, 11) is 0. The van der Waals surface area contributed by atoms with E-state index in [9.17, 15) is 0 Å². The molecule has 2 heterocycles. The van der Waals surface area contributed by atoms with Gasteiger partial charge in [-0.05, 0) is 6.07 Å². The summed E-state index contributed by atoms with van der Waals surface area (Å²) in [5, 5.41) is 3.00. The van der Waals surface area contributed by atoms with E-state index in [1.807, 2.05) is 6.20 Å². The van der Waals surface area contributed by atoms with Crippen molar-refractivity contribution in [1.29, 1.82) is 0 Å². The first-order valence-electron chi connectivity index (χ1n) is 4.77. The van der Waals surface area contributed by atoms with Gasteiger partial charge in [0.2, 0.25) is 0 Å². The molecule has 0 bridgehead atoms. The highest BCUT2D eigenvalue weighted by atomic mass is 32.2. The molecule has 0 unspecified atom stereocenters. The zero-order chi connectivity index (χ0) is 11.2. The van der Waals surface area contributed by atoms with Gasteiger partial charge in [-0.3, -0.25) is 0 Å². The van der Waals surface area contributed by atoms with Crippen molar-refractivity contribution in [2.75, 3.05) is 6.54 Å². The Hall–Kier alpha value is -1.22. The maximum atomic E-state index is 5.32. The van der Waals surface area contributed by atoms with Crippen molar-refractivity contribution in [3.63, 3.8) is 0 Å². The SMILES string of the molecule is NCC#Cc1csc(CSc2ncc[nH]2)c1. The molecule has 0 fully saturated rings. The molecule has 0 spiro atoms. The average molecular weight is 249 g/mol. The first kappa shape index (κ1) is 11.3. The fourth-order valence-electron chi connectivity index (χ4n) is 1.14. The summed E-state index contributed by atoms with van der Waals surface area (Å²) < 4.78 is 0. The zero-order valence-electron chi connectivity index (χ0n) is 8.56. The lowest BCUT2D eigenvalue weighted by molar-refractivity contribution is 1.06. The highest BCUT2D eigenvalue weighted by molar-refractivity contribution is 7.98. The monoisotopic (exact) mass is 249 g/mol. The van der Waals surface area contributed by atoms with Gasteiger partial charge in [-0.2, -0.15) is 0 Å². The number of hydrogen-bond acceptors (Lipinski definition) is 4. The fourth-order valence-corrected chi connectivity index (χ4v) is 2.84. The predicted octanol–water partition coefficient (Wildman–Crippen LogP) is 2.07. The standard InChI is InChI=1S/C11H11N3S2/c12-3-1-2-9-6-10(15-7-9)8-16-11-13-4-5-14-11/h4-7H,3,8,12H2,(H,13,14). The number of nitrogens with two attached hydrogens (primary N) is 1. The number of imidazole rings is 1. The highest BCUT2D eigenvalue weighted by Crippen LogP contribution is 2.23. The van der Waals surface area contributed by atoms with Crippen LogP contribution < -0.4 is 5.73 Å². The molecular formula is C11H11N3S2. The zero-order valence-corrected chi connectivity index (χ0v) is 10.2. The Bertz CT molecular complexity index is 491. The predicted molar refractivity (Wildman–Crippen MR) is 68.4 cm³/mol. The molecule has 16 heavy (non-hydrogen) atoms. The van der Waals surface area contributed by atoms with Gasteiger partial charge in [0, 0.05) is 34.0 Å². The Morgan fingerprint density at radius 1 is 1.56 bits per heavy atom. The van der Waals surface area contributed by atoms with Crippen LogP contribution >= 0.6 is 23.1 Å². The Balaban J connectivity index is 1.93. The number of nitrogens with zero attached hydrogens (tertiary/aromatic N) is 1. The summed E-state index contributed by atoms with van der Waals surface area (Å²) in [6.07, 6.45) is 3.59. The van der Waals surface area contributed by atoms with Gasteiger partial charge in [-0.15, -0.1) is 11.3 Å². The molecule has 0 amide bonds. The number of thioether (sulfide) groups is 1. The van der Waals surface area contributed by atoms with Gasteiger partial charge in [0.05, 0.1) is 6.54 Å². The van der Waals surface area contributed by atoms with E-state index in [4.69, 9.17) is 5.73 Å². The van der Waals surface area contributed by atoms with Crippen molar-refractivity contribution in [2.45, 2.75) is 10.9 Å². The van der Waals surface area contributed by atoms with Gasteiger partial charge in [0.25, 0.3) is 0 Å². The van der Waals surface area contributed by atoms with Crippen LogP contribution in [0.1, 0.15) is 10.4 Å². The second-order valence-electron chi connectivity index (χ2n) is 2.99. The molecule has 0 atom stereocenters. The number of nitrogens with one attached hydrogen (secondary N) is 1. The molecule has 5 heteroatoms. The van der Waals surface area contributed by atoms with Gasteiger partial charge in [-0.1, -0.05) is 23.6 Å². The Morgan fingerprint density at radius 3 is 3.25 bits per heavy atom. The molecule has 0 aromatic carbocycles. The van der Waals surface area contributed by atoms with Crippen LogP contribution in [0.15, 0.2) is 29.0 Å². The molecule has 2 aromatic heterocycles. The van der Waals surface area contributed by atoms with E-state index in [1.165, 1.54) is 4.88 Å². The second-order valence-corrected chi connectivity index (χ2v) is 4.95. The lowest BCUT2D eigenvalue weighted by atomic mass is 10.3. The number of H-pyrrole nitrogens is 1. The number of hydrogen-bond donors (Lipinski definition) is 2. The molecule has 2 aromatic rings. The van der Waals surface area contributed by atoms with Crippen LogP contribution in [-0.2, 0) is 5.75 Å². The molecule has 0 aliphatic carbocycles. The minimum atomic E-state index is 0.409. The van der Waals surface area contributed by atoms with E-state index in [2.05, 4.69) is 33.3 Å². The van der Waals surface area contributed by atoms with Gasteiger partial charge < -0.3 is 10.7 Å². The number of aromatic nitrogens is 2. The molecule has 0 aliphatic heterocycles. The summed E-state index contributed by atoms with van der Waals surface area (Å²) in [5.74, 6) is 6.79. The molecule has 0 saturated carbocycles. The normalized spacial score (nSPS) is 9.81. The minimum absolute atomic E-state index is 0.409. The van der Waals surface area contributed by atoms with Gasteiger partial charge >= 0.3 is 0 Å². The first-order valence-corrected chi connectivity index (χ1v) is 6.63. The van der Waals surface area contributed by atoms with Crippen molar-refractivity contribution in [3.05, 3.63) is 34.3 Å². The fraction of sp³-hybridized carbons (Fsp3) is 0.182. The van der Waals surface area contributed by atoms with Crippen LogP contribution in [0.25, 0.3) is 0 Å². The van der Waals surface area contributed by atoms with E-state index in [0.717, 1.165) is 16.5 Å². The maximum absolute atomic E-state index is 5.32. The minimum Gasteiger partial charge on any atom is -0.340 e. The molecule has 0 saturated heterocycles. The molecule has 3 nitrogen and oxygen atoms in total. The van der Waals surface area contributed by atoms with E-state index in [0.29, 0.717) is 6.54 Å². The molecule has 3 N–H and O–H groups in total. The summed E-state index contributed by atoms with van der Waals surface area (Å²) in [6, 6.07) is 2.10. The molecule has 82 valence electrons. The number of aromatic amines is 1.